The molecule has 142 valence electrons. The van der Waals surface area contributed by atoms with E-state index < -0.39 is 0 Å². The number of piperidine rings is 2. The van der Waals surface area contributed by atoms with E-state index in [9.17, 15) is 5.11 Å². The Morgan fingerprint density at radius 3 is 1.88 bits per heavy atom. The molecule has 2 heterocycles. The van der Waals surface area contributed by atoms with E-state index in [1.165, 1.54) is 52.0 Å². The van der Waals surface area contributed by atoms with E-state index in [-0.39, 0.29) is 10.8 Å². The number of aliphatic hydroxyl groups is 1. The van der Waals surface area contributed by atoms with Crippen LogP contribution >= 0.6 is 0 Å². The van der Waals surface area contributed by atoms with Crippen molar-refractivity contribution in [1.82, 2.24) is 9.80 Å². The highest BCUT2D eigenvalue weighted by atomic mass is 16.3. The van der Waals surface area contributed by atoms with Gasteiger partial charge < -0.3 is 10.0 Å². The number of rotatable bonds is 4. The zero-order valence-electron chi connectivity index (χ0n) is 17.2. The molecule has 0 unspecified atom stereocenters. The van der Waals surface area contributed by atoms with Gasteiger partial charge in [-0.1, -0.05) is 20.8 Å². The van der Waals surface area contributed by atoms with Crippen molar-refractivity contribution in [3.63, 3.8) is 0 Å². The van der Waals surface area contributed by atoms with Gasteiger partial charge in [-0.05, 0) is 96.9 Å². The first-order valence-electron chi connectivity index (χ1n) is 10.2. The van der Waals surface area contributed by atoms with Gasteiger partial charge in [0.1, 0.15) is 0 Å². The summed E-state index contributed by atoms with van der Waals surface area (Å²) >= 11 is 0. The van der Waals surface area contributed by atoms with Crippen LogP contribution in [0.3, 0.4) is 0 Å². The maximum absolute atomic E-state index is 9.96. The molecule has 0 amide bonds. The number of hydrogen-bond donors (Lipinski definition) is 1. The second kappa shape index (κ2) is 7.63. The Hall–Kier alpha value is -0.120. The molecule has 0 atom stereocenters. The van der Waals surface area contributed by atoms with E-state index in [0.29, 0.717) is 12.1 Å². The van der Waals surface area contributed by atoms with Gasteiger partial charge in [0.05, 0.1) is 0 Å². The molecule has 0 bridgehead atoms. The van der Waals surface area contributed by atoms with Gasteiger partial charge in [0.15, 0.2) is 0 Å². The van der Waals surface area contributed by atoms with Gasteiger partial charge in [-0.25, -0.2) is 0 Å². The largest absolute Gasteiger partial charge is 0.396 e. The lowest BCUT2D eigenvalue weighted by Crippen LogP contribution is -2.49. The summed E-state index contributed by atoms with van der Waals surface area (Å²) in [5.74, 6) is 0.913. The smallest absolute Gasteiger partial charge is 0.0493 e. The molecule has 0 aromatic carbocycles. The summed E-state index contributed by atoms with van der Waals surface area (Å²) in [6, 6.07) is 0. The lowest BCUT2D eigenvalue weighted by molar-refractivity contribution is -0.0404. The summed E-state index contributed by atoms with van der Waals surface area (Å²) in [4.78, 5) is 5.29. The Labute approximate surface area is 150 Å². The van der Waals surface area contributed by atoms with Crippen molar-refractivity contribution >= 4 is 0 Å². The number of likely N-dealkylation sites (tertiary alicyclic amines) is 2. The second-order valence-corrected chi connectivity index (χ2v) is 10.4. The summed E-state index contributed by atoms with van der Waals surface area (Å²) in [6.07, 6.45) is 6.39. The minimum Gasteiger partial charge on any atom is -0.396 e. The first-order valence-corrected chi connectivity index (χ1v) is 10.2. The fourth-order valence-corrected chi connectivity index (χ4v) is 4.61. The second-order valence-electron chi connectivity index (χ2n) is 10.4. The van der Waals surface area contributed by atoms with Crippen LogP contribution < -0.4 is 0 Å². The van der Waals surface area contributed by atoms with Crippen molar-refractivity contribution in [2.24, 2.45) is 16.7 Å². The molecule has 2 fully saturated rings. The SMILES string of the molecule is CC(C)(C)N1CCC(CCN2CCC(CO)(C(C)(C)C)CC2)CC1. The lowest BCUT2D eigenvalue weighted by atomic mass is 9.62. The van der Waals surface area contributed by atoms with Crippen LogP contribution in [0.15, 0.2) is 0 Å². The van der Waals surface area contributed by atoms with Crippen LogP contribution in [0.4, 0.5) is 0 Å². The van der Waals surface area contributed by atoms with Crippen molar-refractivity contribution < 1.29 is 5.11 Å². The average Bonchev–Trinajstić information content (AvgIpc) is 2.52. The third kappa shape index (κ3) is 4.74. The highest BCUT2D eigenvalue weighted by molar-refractivity contribution is 4.94. The maximum atomic E-state index is 9.96. The zero-order valence-corrected chi connectivity index (χ0v) is 17.2. The Bertz CT molecular complexity index is 378. The predicted octanol–water partition coefficient (Wildman–Crippen LogP) is 4.01. The topological polar surface area (TPSA) is 26.7 Å². The molecule has 3 heteroatoms. The lowest BCUT2D eigenvalue weighted by Gasteiger charge is -2.49. The average molecular weight is 339 g/mol. The van der Waals surface area contributed by atoms with Crippen LogP contribution in [0.2, 0.25) is 0 Å². The Kier molecular flexibility index (Phi) is 6.42. The molecule has 0 aliphatic carbocycles. The van der Waals surface area contributed by atoms with E-state index in [2.05, 4.69) is 51.3 Å². The van der Waals surface area contributed by atoms with Gasteiger partial charge in [-0.3, -0.25) is 4.90 Å². The molecule has 0 saturated carbocycles. The Morgan fingerprint density at radius 2 is 1.46 bits per heavy atom. The molecule has 24 heavy (non-hydrogen) atoms. The number of nitrogens with zero attached hydrogens (tertiary/aromatic N) is 2. The quantitative estimate of drug-likeness (QED) is 0.839. The van der Waals surface area contributed by atoms with Crippen molar-refractivity contribution in [3.05, 3.63) is 0 Å². The van der Waals surface area contributed by atoms with Crippen LogP contribution in [-0.2, 0) is 0 Å². The fraction of sp³-hybridized carbons (Fsp3) is 1.00. The van der Waals surface area contributed by atoms with Gasteiger partial charge in [-0.2, -0.15) is 0 Å². The highest BCUT2D eigenvalue weighted by Crippen LogP contribution is 2.46. The monoisotopic (exact) mass is 338 g/mol. The van der Waals surface area contributed by atoms with Crippen molar-refractivity contribution in [3.8, 4) is 0 Å². The van der Waals surface area contributed by atoms with E-state index in [1.54, 1.807) is 0 Å². The molecule has 1 N–H and O–H groups in total. The van der Waals surface area contributed by atoms with E-state index >= 15 is 0 Å². The first-order chi connectivity index (χ1) is 11.1. The first kappa shape index (κ1) is 20.2. The van der Waals surface area contributed by atoms with Gasteiger partial charge in [-0.15, -0.1) is 0 Å². The fourth-order valence-electron chi connectivity index (χ4n) is 4.61. The molecule has 0 spiro atoms. The number of hydrogen-bond acceptors (Lipinski definition) is 3. The molecule has 0 radical (unpaired) electrons. The summed E-state index contributed by atoms with van der Waals surface area (Å²) in [5.41, 5.74) is 0.660. The molecule has 2 rings (SSSR count). The summed E-state index contributed by atoms with van der Waals surface area (Å²) < 4.78 is 0. The number of aliphatic hydroxyl groups excluding tert-OH is 1. The molecule has 2 aliphatic heterocycles. The van der Waals surface area contributed by atoms with Gasteiger partial charge in [0, 0.05) is 17.6 Å². The van der Waals surface area contributed by atoms with Gasteiger partial charge in [0.2, 0.25) is 0 Å². The van der Waals surface area contributed by atoms with Crippen molar-refractivity contribution in [2.75, 3.05) is 39.3 Å². The third-order valence-corrected chi connectivity index (χ3v) is 7.12. The molecule has 0 aromatic heterocycles. The molecular formula is C21H42N2O. The normalized spacial score (nSPS) is 25.1. The summed E-state index contributed by atoms with van der Waals surface area (Å²) in [7, 11) is 0. The molecule has 3 nitrogen and oxygen atoms in total. The van der Waals surface area contributed by atoms with Gasteiger partial charge in [0.25, 0.3) is 0 Å². The van der Waals surface area contributed by atoms with E-state index in [4.69, 9.17) is 0 Å². The van der Waals surface area contributed by atoms with Crippen LogP contribution in [0.25, 0.3) is 0 Å². The molecule has 0 aromatic rings. The highest BCUT2D eigenvalue weighted by Gasteiger charge is 2.43. The van der Waals surface area contributed by atoms with Crippen molar-refractivity contribution in [1.29, 1.82) is 0 Å². The predicted molar refractivity (Wildman–Crippen MR) is 103 cm³/mol. The minimum absolute atomic E-state index is 0.127. The maximum Gasteiger partial charge on any atom is 0.0493 e. The van der Waals surface area contributed by atoms with E-state index in [0.717, 1.165) is 18.8 Å². The Balaban J connectivity index is 1.72. The molecular weight excluding hydrogens is 296 g/mol. The van der Waals surface area contributed by atoms with Crippen molar-refractivity contribution in [2.45, 2.75) is 79.2 Å². The van der Waals surface area contributed by atoms with Crippen LogP contribution in [0, 0.1) is 16.7 Å². The van der Waals surface area contributed by atoms with Crippen LogP contribution in [0.5, 0.6) is 0 Å². The Morgan fingerprint density at radius 1 is 0.917 bits per heavy atom. The van der Waals surface area contributed by atoms with Gasteiger partial charge >= 0.3 is 0 Å². The minimum atomic E-state index is 0.127. The van der Waals surface area contributed by atoms with Crippen LogP contribution in [-0.4, -0.2) is 59.8 Å². The third-order valence-electron chi connectivity index (χ3n) is 7.12. The van der Waals surface area contributed by atoms with Crippen LogP contribution in [0.1, 0.15) is 73.6 Å². The van der Waals surface area contributed by atoms with E-state index in [1.807, 2.05) is 0 Å². The standard InChI is InChI=1S/C21H42N2O/c1-19(2,3)21(17-24)10-15-22(16-11-21)12-7-18-8-13-23(14-9-18)20(4,5)6/h18,24H,7-17H2,1-6H3. The summed E-state index contributed by atoms with van der Waals surface area (Å²) in [6.45, 7) is 20.4. The molecule has 2 aliphatic rings. The summed E-state index contributed by atoms with van der Waals surface area (Å²) in [5, 5.41) is 9.96. The molecule has 2 saturated heterocycles. The zero-order chi connectivity index (χ0) is 18.0.